The summed E-state index contributed by atoms with van der Waals surface area (Å²) < 4.78 is 6.70. The Kier molecular flexibility index (Phi) is 4.98. The molecule has 21 heavy (non-hydrogen) atoms. The molecule has 1 heterocycles. The van der Waals surface area contributed by atoms with Crippen molar-refractivity contribution >= 4 is 34.7 Å². The summed E-state index contributed by atoms with van der Waals surface area (Å²) >= 11 is 5.99. The van der Waals surface area contributed by atoms with Crippen molar-refractivity contribution in [2.45, 2.75) is 19.5 Å². The Morgan fingerprint density at radius 3 is 2.95 bits per heavy atom. The van der Waals surface area contributed by atoms with E-state index in [-0.39, 0.29) is 18.5 Å². The molecule has 2 aromatic rings. The molecule has 0 radical (unpaired) electrons. The molecular formula is C15H17ClN2O3. The van der Waals surface area contributed by atoms with Crippen LogP contribution < -0.4 is 5.32 Å². The normalized spacial score (nSPS) is 12.3. The monoisotopic (exact) mass is 308 g/mol. The zero-order valence-corrected chi connectivity index (χ0v) is 12.7. The van der Waals surface area contributed by atoms with E-state index in [1.165, 1.54) is 0 Å². The Labute approximate surface area is 127 Å². The van der Waals surface area contributed by atoms with Crippen LogP contribution in [0.4, 0.5) is 0 Å². The lowest BCUT2D eigenvalue weighted by atomic mass is 10.2. The molecule has 5 nitrogen and oxygen atoms in total. The number of ether oxygens (including phenoxy) is 1. The fraction of sp³-hybridized carbons (Fsp3) is 0.333. The van der Waals surface area contributed by atoms with Crippen molar-refractivity contribution in [2.75, 3.05) is 13.7 Å². The molecule has 1 N–H and O–H groups in total. The van der Waals surface area contributed by atoms with Gasteiger partial charge in [-0.05, 0) is 19.1 Å². The maximum atomic E-state index is 12.0. The molecule has 1 aromatic carbocycles. The quantitative estimate of drug-likeness (QED) is 0.833. The Morgan fingerprint density at radius 1 is 1.52 bits per heavy atom. The Bertz CT molecular complexity index is 666. The van der Waals surface area contributed by atoms with Crippen molar-refractivity contribution in [1.29, 1.82) is 0 Å². The molecule has 0 aliphatic rings. The first-order chi connectivity index (χ1) is 10.0. The van der Waals surface area contributed by atoms with Gasteiger partial charge in [-0.3, -0.25) is 9.59 Å². The largest absolute Gasteiger partial charge is 0.383 e. The minimum atomic E-state index is -0.145. The van der Waals surface area contributed by atoms with Gasteiger partial charge in [0.25, 0.3) is 0 Å². The number of fused-ring (bicyclic) bond motifs is 1. The lowest BCUT2D eigenvalue weighted by Crippen LogP contribution is -2.37. The number of benzene rings is 1. The van der Waals surface area contributed by atoms with Gasteiger partial charge in [0, 0.05) is 35.3 Å². The van der Waals surface area contributed by atoms with E-state index in [0.29, 0.717) is 17.2 Å². The van der Waals surface area contributed by atoms with Crippen LogP contribution in [0.5, 0.6) is 0 Å². The summed E-state index contributed by atoms with van der Waals surface area (Å²) in [4.78, 5) is 23.1. The molecule has 6 heteroatoms. The molecule has 0 saturated carbocycles. The number of amides is 1. The molecule has 0 aliphatic carbocycles. The van der Waals surface area contributed by atoms with Gasteiger partial charge in [-0.2, -0.15) is 0 Å². The topological polar surface area (TPSA) is 60.3 Å². The van der Waals surface area contributed by atoms with E-state index in [4.69, 9.17) is 16.3 Å². The van der Waals surface area contributed by atoms with E-state index in [2.05, 4.69) is 5.32 Å². The first-order valence-corrected chi connectivity index (χ1v) is 6.94. The van der Waals surface area contributed by atoms with E-state index in [1.807, 2.05) is 6.92 Å². The minimum Gasteiger partial charge on any atom is -0.383 e. The number of nitrogens with one attached hydrogen (secondary N) is 1. The van der Waals surface area contributed by atoms with Crippen LogP contribution in [0.1, 0.15) is 17.3 Å². The summed E-state index contributed by atoms with van der Waals surface area (Å²) in [6, 6.07) is 5.18. The SMILES string of the molecule is COCC(C)NC(=O)Cn1cc(C=O)c2ccc(Cl)cc21. The van der Waals surface area contributed by atoms with E-state index in [1.54, 1.807) is 36.1 Å². The summed E-state index contributed by atoms with van der Waals surface area (Å²) in [5.41, 5.74) is 1.30. The third kappa shape index (κ3) is 3.62. The molecule has 1 aromatic heterocycles. The van der Waals surface area contributed by atoms with Crippen LogP contribution in [0, 0.1) is 0 Å². The fourth-order valence-electron chi connectivity index (χ4n) is 2.29. The average Bonchev–Trinajstić information content (AvgIpc) is 2.76. The second-order valence-corrected chi connectivity index (χ2v) is 5.35. The summed E-state index contributed by atoms with van der Waals surface area (Å²) in [7, 11) is 1.58. The number of carbonyl (C=O) groups is 2. The second kappa shape index (κ2) is 6.74. The first kappa shape index (κ1) is 15.5. The smallest absolute Gasteiger partial charge is 0.240 e. The van der Waals surface area contributed by atoms with Crippen LogP contribution in [-0.2, 0) is 16.1 Å². The van der Waals surface area contributed by atoms with Gasteiger partial charge >= 0.3 is 0 Å². The lowest BCUT2D eigenvalue weighted by Gasteiger charge is -2.13. The molecule has 0 saturated heterocycles. The van der Waals surface area contributed by atoms with Crippen LogP contribution in [0.15, 0.2) is 24.4 Å². The molecule has 1 unspecified atom stereocenters. The maximum absolute atomic E-state index is 12.0. The van der Waals surface area contributed by atoms with E-state index >= 15 is 0 Å². The van der Waals surface area contributed by atoms with Crippen LogP contribution in [0.3, 0.4) is 0 Å². The fourth-order valence-corrected chi connectivity index (χ4v) is 2.45. The number of methoxy groups -OCH3 is 1. The predicted molar refractivity (Wildman–Crippen MR) is 81.8 cm³/mol. The van der Waals surface area contributed by atoms with Gasteiger partial charge in [0.1, 0.15) is 6.54 Å². The molecule has 2 rings (SSSR count). The van der Waals surface area contributed by atoms with Crippen molar-refractivity contribution in [1.82, 2.24) is 9.88 Å². The highest BCUT2D eigenvalue weighted by Gasteiger charge is 2.12. The standard InChI is InChI=1S/C15H17ClN2O3/c1-10(9-21-2)17-15(20)7-18-6-11(8-19)13-4-3-12(16)5-14(13)18/h3-6,8,10H,7,9H2,1-2H3,(H,17,20). The molecule has 112 valence electrons. The van der Waals surface area contributed by atoms with Crippen molar-refractivity contribution in [2.24, 2.45) is 0 Å². The number of nitrogens with zero attached hydrogens (tertiary/aromatic N) is 1. The molecule has 0 bridgehead atoms. The van der Waals surface area contributed by atoms with E-state index in [0.717, 1.165) is 17.2 Å². The lowest BCUT2D eigenvalue weighted by molar-refractivity contribution is -0.122. The second-order valence-electron chi connectivity index (χ2n) is 4.92. The minimum absolute atomic E-state index is 0.0709. The van der Waals surface area contributed by atoms with Gasteiger partial charge in [-0.1, -0.05) is 17.7 Å². The number of aromatic nitrogens is 1. The highest BCUT2D eigenvalue weighted by atomic mass is 35.5. The zero-order valence-electron chi connectivity index (χ0n) is 11.9. The maximum Gasteiger partial charge on any atom is 0.240 e. The van der Waals surface area contributed by atoms with Gasteiger partial charge in [-0.25, -0.2) is 0 Å². The van der Waals surface area contributed by atoms with Crippen molar-refractivity contribution in [3.8, 4) is 0 Å². The summed E-state index contributed by atoms with van der Waals surface area (Å²) in [6.07, 6.45) is 2.44. The number of hydrogen-bond donors (Lipinski definition) is 1. The van der Waals surface area contributed by atoms with Gasteiger partial charge in [-0.15, -0.1) is 0 Å². The van der Waals surface area contributed by atoms with Crippen LogP contribution in [0.25, 0.3) is 10.9 Å². The van der Waals surface area contributed by atoms with Gasteiger partial charge in [0.05, 0.1) is 12.1 Å². The summed E-state index contributed by atoms with van der Waals surface area (Å²) in [6.45, 7) is 2.44. The number of halogens is 1. The van der Waals surface area contributed by atoms with Crippen LogP contribution in [0.2, 0.25) is 5.02 Å². The highest BCUT2D eigenvalue weighted by Crippen LogP contribution is 2.23. The van der Waals surface area contributed by atoms with Crippen LogP contribution in [-0.4, -0.2) is 36.5 Å². The highest BCUT2D eigenvalue weighted by molar-refractivity contribution is 6.31. The molecule has 0 spiro atoms. The van der Waals surface area contributed by atoms with E-state index < -0.39 is 0 Å². The van der Waals surface area contributed by atoms with Gasteiger partial charge in [0.2, 0.25) is 5.91 Å². The Morgan fingerprint density at radius 2 is 2.29 bits per heavy atom. The van der Waals surface area contributed by atoms with Crippen molar-refractivity contribution < 1.29 is 14.3 Å². The average molecular weight is 309 g/mol. The summed E-state index contributed by atoms with van der Waals surface area (Å²) in [5, 5.41) is 4.18. The van der Waals surface area contributed by atoms with E-state index in [9.17, 15) is 9.59 Å². The molecule has 0 fully saturated rings. The number of rotatable bonds is 6. The zero-order chi connectivity index (χ0) is 15.4. The predicted octanol–water partition coefficient (Wildman–Crippen LogP) is 2.26. The first-order valence-electron chi connectivity index (χ1n) is 6.57. The third-order valence-electron chi connectivity index (χ3n) is 3.14. The number of hydrogen-bond acceptors (Lipinski definition) is 3. The van der Waals surface area contributed by atoms with Gasteiger partial charge in [0.15, 0.2) is 6.29 Å². The van der Waals surface area contributed by atoms with Gasteiger partial charge < -0.3 is 14.6 Å². The number of aldehydes is 1. The van der Waals surface area contributed by atoms with Crippen molar-refractivity contribution in [3.05, 3.63) is 35.0 Å². The molecular weight excluding hydrogens is 292 g/mol. The molecule has 1 atom stereocenters. The molecule has 1 amide bonds. The third-order valence-corrected chi connectivity index (χ3v) is 3.38. The Balaban J connectivity index is 2.23. The van der Waals surface area contributed by atoms with Crippen molar-refractivity contribution in [3.63, 3.8) is 0 Å². The molecule has 0 aliphatic heterocycles. The Hall–Kier alpha value is -1.85. The van der Waals surface area contributed by atoms with Crippen LogP contribution >= 0.6 is 11.6 Å². The number of carbonyl (C=O) groups excluding carboxylic acids is 2. The summed E-state index contributed by atoms with van der Waals surface area (Å²) in [5.74, 6) is -0.145.